The predicted molar refractivity (Wildman–Crippen MR) is 200 cm³/mol. The number of nitrogens with zero attached hydrogens (tertiary/aromatic N) is 2. The van der Waals surface area contributed by atoms with Crippen molar-refractivity contribution < 1.29 is 4.42 Å². The highest BCUT2D eigenvalue weighted by molar-refractivity contribution is 6.14. The number of fused-ring (bicyclic) bond motifs is 4. The van der Waals surface area contributed by atoms with E-state index in [-0.39, 0.29) is 0 Å². The summed E-state index contributed by atoms with van der Waals surface area (Å²) in [5, 5.41) is 20.9. The van der Waals surface area contributed by atoms with Crippen LogP contribution in [0.25, 0.3) is 49.8 Å². The molecule has 7 aromatic rings. The van der Waals surface area contributed by atoms with Crippen molar-refractivity contribution in [2.45, 2.75) is 6.92 Å². The van der Waals surface area contributed by atoms with E-state index in [1.54, 1.807) is 18.2 Å². The number of nitrogens with one attached hydrogen (secondary N) is 1. The molecule has 48 heavy (non-hydrogen) atoms. The first-order valence-corrected chi connectivity index (χ1v) is 15.5. The van der Waals surface area contributed by atoms with Crippen LogP contribution in [0.15, 0.2) is 163 Å². The Balaban J connectivity index is 0.000000510. The highest BCUT2D eigenvalue weighted by atomic mass is 16.3. The zero-order valence-corrected chi connectivity index (χ0v) is 26.7. The lowest BCUT2D eigenvalue weighted by Gasteiger charge is -2.08. The minimum Gasteiger partial charge on any atom is -0.456 e. The molecule has 0 saturated carbocycles. The van der Waals surface area contributed by atoms with Crippen LogP contribution in [0.2, 0.25) is 0 Å². The first kappa shape index (κ1) is 31.3. The van der Waals surface area contributed by atoms with Gasteiger partial charge in [0.15, 0.2) is 0 Å². The van der Waals surface area contributed by atoms with Crippen LogP contribution in [0.4, 0.5) is 0 Å². The minimum absolute atomic E-state index is 0.301. The maximum Gasteiger partial charge on any atom is 0.135 e. The van der Waals surface area contributed by atoms with Gasteiger partial charge in [-0.2, -0.15) is 5.26 Å². The highest BCUT2D eigenvalue weighted by Gasteiger charge is 2.12. The van der Waals surface area contributed by atoms with E-state index < -0.39 is 0 Å². The minimum atomic E-state index is 0.301. The monoisotopic (exact) mass is 622 g/mol. The van der Waals surface area contributed by atoms with Crippen molar-refractivity contribution in [2.24, 2.45) is 5.73 Å². The maximum atomic E-state index is 9.24. The molecule has 0 aliphatic rings. The van der Waals surface area contributed by atoms with Crippen molar-refractivity contribution in [2.75, 3.05) is 0 Å². The number of hydrogen-bond acceptors (Lipinski definition) is 4. The molecule has 2 heterocycles. The molecule has 0 aliphatic heterocycles. The van der Waals surface area contributed by atoms with Gasteiger partial charge < -0.3 is 20.1 Å². The van der Waals surface area contributed by atoms with E-state index in [1.807, 2.05) is 109 Å². The molecule has 7 rings (SSSR count). The van der Waals surface area contributed by atoms with Gasteiger partial charge in [0.2, 0.25) is 0 Å². The zero-order valence-electron chi connectivity index (χ0n) is 26.7. The normalized spacial score (nSPS) is 11.6. The first-order chi connectivity index (χ1) is 23.4. The molecular formula is C43H34N4O. The molecule has 0 fully saturated rings. The van der Waals surface area contributed by atoms with Gasteiger partial charge in [-0.25, -0.2) is 0 Å². The topological polar surface area (TPSA) is 91.7 Å². The second-order valence-corrected chi connectivity index (χ2v) is 11.4. The molecule has 0 atom stereocenters. The number of rotatable bonds is 7. The van der Waals surface area contributed by atoms with E-state index in [1.165, 1.54) is 5.56 Å². The number of furan rings is 1. The Morgan fingerprint density at radius 1 is 0.812 bits per heavy atom. The summed E-state index contributed by atoms with van der Waals surface area (Å²) in [4.78, 5) is 0. The lowest BCUT2D eigenvalue weighted by molar-refractivity contribution is 0.669. The molecule has 0 amide bonds. The number of aromatic nitrogens is 1. The third-order valence-corrected chi connectivity index (χ3v) is 8.15. The first-order valence-electron chi connectivity index (χ1n) is 15.5. The number of aryl methyl sites for hydroxylation is 1. The Labute approximate surface area is 280 Å². The molecule has 232 valence electrons. The maximum absolute atomic E-state index is 9.24. The Bertz CT molecular complexity index is 2430. The van der Waals surface area contributed by atoms with E-state index in [2.05, 4.69) is 48.9 Å². The van der Waals surface area contributed by atoms with Gasteiger partial charge in [-0.15, -0.1) is 0 Å². The van der Waals surface area contributed by atoms with Crippen molar-refractivity contribution in [3.63, 3.8) is 0 Å². The van der Waals surface area contributed by atoms with E-state index in [0.717, 1.165) is 60.8 Å². The van der Waals surface area contributed by atoms with Crippen LogP contribution >= 0.6 is 0 Å². The van der Waals surface area contributed by atoms with Crippen LogP contribution < -0.4 is 5.73 Å². The summed E-state index contributed by atoms with van der Waals surface area (Å²) < 4.78 is 8.21. The zero-order chi connectivity index (χ0) is 33.6. The summed E-state index contributed by atoms with van der Waals surface area (Å²) >= 11 is 0. The summed E-state index contributed by atoms with van der Waals surface area (Å²) in [5.41, 5.74) is 16.2. The fourth-order valence-electron chi connectivity index (χ4n) is 5.66. The Morgan fingerprint density at radius 2 is 1.56 bits per heavy atom. The van der Waals surface area contributed by atoms with Crippen molar-refractivity contribution in [3.05, 3.63) is 187 Å². The van der Waals surface area contributed by atoms with Gasteiger partial charge in [-0.3, -0.25) is 0 Å². The quantitative estimate of drug-likeness (QED) is 0.137. The van der Waals surface area contributed by atoms with Gasteiger partial charge in [0.1, 0.15) is 11.2 Å². The summed E-state index contributed by atoms with van der Waals surface area (Å²) in [5.74, 6) is 0. The smallest absolute Gasteiger partial charge is 0.135 e. The second kappa shape index (κ2) is 13.8. The van der Waals surface area contributed by atoms with Crippen LogP contribution in [0.3, 0.4) is 0 Å². The average Bonchev–Trinajstić information content (AvgIpc) is 3.71. The largest absolute Gasteiger partial charge is 0.456 e. The van der Waals surface area contributed by atoms with E-state index >= 15 is 0 Å². The molecule has 5 nitrogen and oxygen atoms in total. The van der Waals surface area contributed by atoms with Gasteiger partial charge in [0.25, 0.3) is 0 Å². The van der Waals surface area contributed by atoms with Gasteiger partial charge in [0, 0.05) is 39.3 Å². The molecular weight excluding hydrogens is 589 g/mol. The van der Waals surface area contributed by atoms with Crippen LogP contribution in [-0.4, -0.2) is 10.3 Å². The Kier molecular flexibility index (Phi) is 9.00. The SMILES string of the molecule is C=C/C=C(\C=C)c1cccc(/C(N)=C/C(=N)c2ccc3oc4ccc(-n5ccc6cc(C#N)ccc65)cc4c3c2)c1.Cc1ccccc1. The summed E-state index contributed by atoms with van der Waals surface area (Å²) in [6.07, 6.45) is 9.09. The highest BCUT2D eigenvalue weighted by Crippen LogP contribution is 2.32. The van der Waals surface area contributed by atoms with E-state index in [0.29, 0.717) is 17.0 Å². The van der Waals surface area contributed by atoms with E-state index in [4.69, 9.17) is 15.6 Å². The second-order valence-electron chi connectivity index (χ2n) is 11.4. The van der Waals surface area contributed by atoms with Crippen molar-refractivity contribution in [1.82, 2.24) is 4.57 Å². The summed E-state index contributed by atoms with van der Waals surface area (Å²) in [6.45, 7) is 9.74. The van der Waals surface area contributed by atoms with Crippen LogP contribution in [-0.2, 0) is 0 Å². The van der Waals surface area contributed by atoms with E-state index in [9.17, 15) is 5.26 Å². The number of allylic oxidation sites excluding steroid dienone is 5. The van der Waals surface area contributed by atoms with Crippen molar-refractivity contribution in [1.29, 1.82) is 10.7 Å². The van der Waals surface area contributed by atoms with Gasteiger partial charge in [-0.05, 0) is 96.4 Å². The number of benzene rings is 5. The number of hydrogen-bond donors (Lipinski definition) is 2. The predicted octanol–water partition coefficient (Wildman–Crippen LogP) is 10.5. The molecule has 2 aromatic heterocycles. The molecule has 0 radical (unpaired) electrons. The molecule has 0 spiro atoms. The van der Waals surface area contributed by atoms with Crippen molar-refractivity contribution >= 4 is 49.8 Å². The third-order valence-electron chi connectivity index (χ3n) is 8.15. The van der Waals surface area contributed by atoms with Crippen LogP contribution in [0, 0.1) is 23.7 Å². The molecule has 3 N–H and O–H groups in total. The standard InChI is InChI=1S/C36H26N4O.C7H8/c1-3-6-24(4-2)25-7-5-8-26(18-25)32(38)21-33(39)27-10-13-35-30(19-27)31-20-29(11-14-36(31)41-35)40-16-15-28-17-23(22-37)9-12-34(28)40;1-7-5-3-2-4-6-7/h3-21,39H,1-2,38H2;2-6H,1H3/b24-6+,32-21-,39-33?;. The average molecular weight is 623 g/mol. The molecule has 0 aliphatic carbocycles. The Hall–Kier alpha value is -6.64. The fraction of sp³-hybridized carbons (Fsp3) is 0.0233. The van der Waals surface area contributed by atoms with Crippen molar-refractivity contribution in [3.8, 4) is 11.8 Å². The summed E-state index contributed by atoms with van der Waals surface area (Å²) in [6, 6.07) is 39.8. The number of nitrogens with two attached hydrogens (primary N) is 1. The molecule has 5 heteroatoms. The Morgan fingerprint density at radius 3 is 2.27 bits per heavy atom. The summed E-state index contributed by atoms with van der Waals surface area (Å²) in [7, 11) is 0. The molecule has 5 aromatic carbocycles. The number of nitriles is 1. The molecule has 0 saturated heterocycles. The lowest BCUT2D eigenvalue weighted by Crippen LogP contribution is -2.03. The van der Waals surface area contributed by atoms with Gasteiger partial charge in [0.05, 0.1) is 22.9 Å². The van der Waals surface area contributed by atoms with Crippen LogP contribution in [0.5, 0.6) is 0 Å². The third kappa shape index (κ3) is 6.50. The molecule has 0 bridgehead atoms. The molecule has 0 unspecified atom stereocenters. The lowest BCUT2D eigenvalue weighted by atomic mass is 10.00. The van der Waals surface area contributed by atoms with Gasteiger partial charge >= 0.3 is 0 Å². The van der Waals surface area contributed by atoms with Gasteiger partial charge in [-0.1, -0.05) is 85.5 Å². The van der Waals surface area contributed by atoms with Crippen LogP contribution in [0.1, 0.15) is 27.8 Å². The fourth-order valence-corrected chi connectivity index (χ4v) is 5.66.